The van der Waals surface area contributed by atoms with Crippen LogP contribution in [-0.4, -0.2) is 45.2 Å². The van der Waals surface area contributed by atoms with Crippen LogP contribution >= 0.6 is 12.4 Å². The molecular formula is C16H28ClN5O. The van der Waals surface area contributed by atoms with E-state index in [-0.39, 0.29) is 24.4 Å². The summed E-state index contributed by atoms with van der Waals surface area (Å²) in [6, 6.07) is -0.122. The second-order valence-corrected chi connectivity index (χ2v) is 6.87. The van der Waals surface area contributed by atoms with Crippen LogP contribution in [0.1, 0.15) is 63.6 Å². The highest BCUT2D eigenvalue weighted by molar-refractivity contribution is 5.85. The molecule has 0 aromatic carbocycles. The predicted molar refractivity (Wildman–Crippen MR) is 91.7 cm³/mol. The zero-order valence-corrected chi connectivity index (χ0v) is 15.1. The zero-order valence-electron chi connectivity index (χ0n) is 14.3. The maximum absolute atomic E-state index is 12.8. The second-order valence-electron chi connectivity index (χ2n) is 6.87. The van der Waals surface area contributed by atoms with Gasteiger partial charge in [0.2, 0.25) is 5.91 Å². The number of nitrogens with one attached hydrogen (secondary N) is 1. The first kappa shape index (κ1) is 18.2. The smallest absolute Gasteiger partial charge is 0.246 e. The lowest BCUT2D eigenvalue weighted by Gasteiger charge is -2.35. The van der Waals surface area contributed by atoms with E-state index in [0.29, 0.717) is 18.4 Å². The molecule has 1 saturated heterocycles. The van der Waals surface area contributed by atoms with Gasteiger partial charge in [-0.1, -0.05) is 13.8 Å². The van der Waals surface area contributed by atoms with Crippen molar-refractivity contribution in [1.29, 1.82) is 0 Å². The molecule has 0 aliphatic carbocycles. The van der Waals surface area contributed by atoms with Gasteiger partial charge in [0.25, 0.3) is 0 Å². The summed E-state index contributed by atoms with van der Waals surface area (Å²) in [5.74, 6) is 3.13. The Hall–Kier alpha value is -1.14. The summed E-state index contributed by atoms with van der Waals surface area (Å²) in [7, 11) is 0. The van der Waals surface area contributed by atoms with Crippen molar-refractivity contribution in [2.24, 2.45) is 5.92 Å². The number of fused-ring (bicyclic) bond motifs is 1. The maximum Gasteiger partial charge on any atom is 0.246 e. The molecule has 1 fully saturated rings. The van der Waals surface area contributed by atoms with Crippen LogP contribution in [0.5, 0.6) is 0 Å². The quantitative estimate of drug-likeness (QED) is 0.911. The van der Waals surface area contributed by atoms with Crippen molar-refractivity contribution in [3.05, 3.63) is 11.6 Å². The topological polar surface area (TPSA) is 63.1 Å². The van der Waals surface area contributed by atoms with Crippen LogP contribution in [0.3, 0.4) is 0 Å². The fourth-order valence-electron chi connectivity index (χ4n) is 3.63. The van der Waals surface area contributed by atoms with Crippen molar-refractivity contribution < 1.29 is 4.79 Å². The minimum absolute atomic E-state index is 0. The van der Waals surface area contributed by atoms with E-state index in [0.717, 1.165) is 50.5 Å². The summed E-state index contributed by atoms with van der Waals surface area (Å²) < 4.78 is 2.17. The number of hydrogen-bond acceptors (Lipinski definition) is 4. The number of amides is 1. The third-order valence-electron chi connectivity index (χ3n) is 4.81. The standard InChI is InChI=1S/C16H27N5O.ClH/c1-4-20-10-14-18-19-15(12-5-7-17-8-6-12)21(14)13(16(20)22)9-11(2)3;/h11-13,17H,4-10H2,1-3H3;1H/t13-;/m0./s1. The number of carbonyl (C=O) groups excluding carboxylic acids is 1. The van der Waals surface area contributed by atoms with Crippen molar-refractivity contribution in [2.45, 2.75) is 58.5 Å². The van der Waals surface area contributed by atoms with E-state index in [4.69, 9.17) is 0 Å². The van der Waals surface area contributed by atoms with Gasteiger partial charge in [-0.05, 0) is 45.2 Å². The number of hydrogen-bond donors (Lipinski definition) is 1. The molecule has 0 bridgehead atoms. The van der Waals surface area contributed by atoms with Crippen molar-refractivity contribution in [1.82, 2.24) is 25.0 Å². The lowest BCUT2D eigenvalue weighted by atomic mass is 9.95. The SMILES string of the molecule is CCN1Cc2nnc(C3CCNCC3)n2[C@@H](CC(C)C)C1=O.Cl. The molecule has 1 aromatic heterocycles. The van der Waals surface area contributed by atoms with Crippen LogP contribution in [-0.2, 0) is 11.3 Å². The Labute approximate surface area is 144 Å². The fourth-order valence-corrected chi connectivity index (χ4v) is 3.63. The number of aromatic nitrogens is 3. The first-order chi connectivity index (χ1) is 10.6. The molecule has 0 spiro atoms. The van der Waals surface area contributed by atoms with E-state index in [1.54, 1.807) is 0 Å². The average Bonchev–Trinajstić information content (AvgIpc) is 2.94. The van der Waals surface area contributed by atoms with Gasteiger partial charge in [-0.25, -0.2) is 0 Å². The number of piperidine rings is 1. The van der Waals surface area contributed by atoms with Crippen molar-refractivity contribution in [2.75, 3.05) is 19.6 Å². The summed E-state index contributed by atoms with van der Waals surface area (Å²) in [6.07, 6.45) is 3.02. The average molecular weight is 342 g/mol. The van der Waals surface area contributed by atoms with Gasteiger partial charge in [-0.15, -0.1) is 22.6 Å². The molecule has 3 heterocycles. The second kappa shape index (κ2) is 7.62. The van der Waals surface area contributed by atoms with Gasteiger partial charge in [-0.3, -0.25) is 4.79 Å². The van der Waals surface area contributed by atoms with Crippen molar-refractivity contribution in [3.8, 4) is 0 Å². The highest BCUT2D eigenvalue weighted by Gasteiger charge is 2.37. The molecule has 0 radical (unpaired) electrons. The molecule has 1 aromatic rings. The zero-order chi connectivity index (χ0) is 15.7. The Bertz CT molecular complexity index is 539. The van der Waals surface area contributed by atoms with Crippen LogP contribution < -0.4 is 5.32 Å². The Balaban J connectivity index is 0.00000192. The van der Waals surface area contributed by atoms with Crippen LogP contribution in [0, 0.1) is 5.92 Å². The molecule has 23 heavy (non-hydrogen) atoms. The Morgan fingerprint density at radius 2 is 1.96 bits per heavy atom. The number of likely N-dealkylation sites (N-methyl/N-ethyl adjacent to an activating group) is 1. The third-order valence-corrected chi connectivity index (χ3v) is 4.81. The molecule has 6 nitrogen and oxygen atoms in total. The number of halogens is 1. The Kier molecular flexibility index (Phi) is 6.03. The van der Waals surface area contributed by atoms with Crippen LogP contribution in [0.25, 0.3) is 0 Å². The van der Waals surface area contributed by atoms with Crippen molar-refractivity contribution >= 4 is 18.3 Å². The first-order valence-corrected chi connectivity index (χ1v) is 8.55. The van der Waals surface area contributed by atoms with E-state index >= 15 is 0 Å². The molecule has 1 amide bonds. The van der Waals surface area contributed by atoms with Gasteiger partial charge in [0.05, 0.1) is 6.54 Å². The molecule has 1 atom stereocenters. The highest BCUT2D eigenvalue weighted by atomic mass is 35.5. The number of rotatable bonds is 4. The molecule has 2 aliphatic rings. The number of carbonyl (C=O) groups is 1. The van der Waals surface area contributed by atoms with Crippen LogP contribution in [0.15, 0.2) is 0 Å². The summed E-state index contributed by atoms with van der Waals surface area (Å²) >= 11 is 0. The number of nitrogens with zero attached hydrogens (tertiary/aromatic N) is 4. The molecule has 0 saturated carbocycles. The predicted octanol–water partition coefficient (Wildman–Crippen LogP) is 2.12. The molecule has 3 rings (SSSR count). The lowest BCUT2D eigenvalue weighted by molar-refractivity contribution is -0.138. The molecule has 1 N–H and O–H groups in total. The summed E-state index contributed by atoms with van der Waals surface area (Å²) in [6.45, 7) is 9.77. The van der Waals surface area contributed by atoms with E-state index in [1.165, 1.54) is 0 Å². The minimum Gasteiger partial charge on any atom is -0.334 e. The minimum atomic E-state index is -0.122. The Morgan fingerprint density at radius 1 is 1.26 bits per heavy atom. The monoisotopic (exact) mass is 341 g/mol. The fraction of sp³-hybridized carbons (Fsp3) is 0.812. The van der Waals surface area contributed by atoms with Gasteiger partial charge in [0.1, 0.15) is 11.9 Å². The van der Waals surface area contributed by atoms with Gasteiger partial charge < -0.3 is 14.8 Å². The Morgan fingerprint density at radius 3 is 2.57 bits per heavy atom. The summed E-state index contributed by atoms with van der Waals surface area (Å²) in [4.78, 5) is 14.7. The third kappa shape index (κ3) is 3.53. The molecule has 2 aliphatic heterocycles. The van der Waals surface area contributed by atoms with Crippen LogP contribution in [0.2, 0.25) is 0 Å². The van der Waals surface area contributed by atoms with E-state index < -0.39 is 0 Å². The lowest BCUT2D eigenvalue weighted by Crippen LogP contribution is -2.44. The van der Waals surface area contributed by atoms with E-state index in [1.807, 2.05) is 11.8 Å². The van der Waals surface area contributed by atoms with Crippen molar-refractivity contribution in [3.63, 3.8) is 0 Å². The van der Waals surface area contributed by atoms with Gasteiger partial charge in [-0.2, -0.15) is 0 Å². The van der Waals surface area contributed by atoms with Gasteiger partial charge >= 0.3 is 0 Å². The maximum atomic E-state index is 12.8. The molecule has 7 heteroatoms. The molecule has 130 valence electrons. The van der Waals surface area contributed by atoms with E-state index in [9.17, 15) is 4.79 Å². The normalized spacial score (nSPS) is 22.2. The van der Waals surface area contributed by atoms with Gasteiger partial charge in [0.15, 0.2) is 5.82 Å². The highest BCUT2D eigenvalue weighted by Crippen LogP contribution is 2.33. The van der Waals surface area contributed by atoms with Gasteiger partial charge in [0, 0.05) is 12.5 Å². The summed E-state index contributed by atoms with van der Waals surface area (Å²) in [5.41, 5.74) is 0. The molecule has 0 unspecified atom stereocenters. The van der Waals surface area contributed by atoms with E-state index in [2.05, 4.69) is 33.9 Å². The largest absolute Gasteiger partial charge is 0.334 e. The van der Waals surface area contributed by atoms with Crippen LogP contribution in [0.4, 0.5) is 0 Å². The first-order valence-electron chi connectivity index (χ1n) is 8.55. The molecular weight excluding hydrogens is 314 g/mol. The summed E-state index contributed by atoms with van der Waals surface area (Å²) in [5, 5.41) is 12.3.